The molecule has 0 aliphatic carbocycles. The van der Waals surface area contributed by atoms with E-state index in [1.807, 2.05) is 18.2 Å². The molecule has 0 bridgehead atoms. The van der Waals surface area contributed by atoms with E-state index < -0.39 is 15.6 Å². The molecule has 0 aliphatic heterocycles. The largest absolute Gasteiger partial charge is 0.507 e. The van der Waals surface area contributed by atoms with Gasteiger partial charge in [0.25, 0.3) is 10.0 Å². The monoisotopic (exact) mass is 372 g/mol. The molecule has 26 heavy (non-hydrogen) atoms. The summed E-state index contributed by atoms with van der Waals surface area (Å²) in [5, 5.41) is 15.3. The minimum Gasteiger partial charge on any atom is -0.507 e. The van der Waals surface area contributed by atoms with Gasteiger partial charge in [-0.3, -0.25) is 0 Å². The second kappa shape index (κ2) is 6.64. The van der Waals surface area contributed by atoms with E-state index in [1.54, 1.807) is 12.1 Å². The van der Waals surface area contributed by atoms with Crippen molar-refractivity contribution in [2.45, 2.75) is 18.7 Å². The Morgan fingerprint density at radius 2 is 1.81 bits per heavy atom. The maximum atomic E-state index is 12.5. The van der Waals surface area contributed by atoms with E-state index in [0.717, 1.165) is 10.8 Å². The van der Waals surface area contributed by atoms with Gasteiger partial charge in [0.1, 0.15) is 17.1 Å². The lowest BCUT2D eigenvalue weighted by molar-refractivity contribution is 0.432. The summed E-state index contributed by atoms with van der Waals surface area (Å²) in [6, 6.07) is 13.3. The van der Waals surface area contributed by atoms with Gasteiger partial charge in [-0.1, -0.05) is 30.3 Å². The van der Waals surface area contributed by atoms with Crippen LogP contribution in [0, 0.1) is 6.92 Å². The molecule has 0 saturated carbocycles. The molecule has 0 amide bonds. The van der Waals surface area contributed by atoms with Crippen LogP contribution in [0.1, 0.15) is 18.2 Å². The summed E-state index contributed by atoms with van der Waals surface area (Å²) in [5.41, 5.74) is -1.01. The van der Waals surface area contributed by atoms with Crippen LogP contribution < -0.4 is 10.5 Å². The number of rotatable bonds is 4. The second-order valence-corrected chi connectivity index (χ2v) is 7.37. The van der Waals surface area contributed by atoms with Crippen molar-refractivity contribution < 1.29 is 17.9 Å². The number of aryl methyl sites for hydroxylation is 1. The lowest BCUT2D eigenvalue weighted by Gasteiger charge is -2.07. The van der Waals surface area contributed by atoms with E-state index >= 15 is 0 Å². The zero-order valence-electron chi connectivity index (χ0n) is 14.1. The molecule has 1 heterocycles. The molecule has 2 N–H and O–H groups in total. The quantitative estimate of drug-likeness (QED) is 0.540. The summed E-state index contributed by atoms with van der Waals surface area (Å²) in [6.07, 6.45) is 0. The first-order valence-corrected chi connectivity index (χ1v) is 9.15. The average Bonchev–Trinajstić information content (AvgIpc) is 2.58. The molecule has 0 aliphatic rings. The van der Waals surface area contributed by atoms with Crippen LogP contribution in [0.4, 0.5) is 0 Å². The first kappa shape index (κ1) is 17.7. The summed E-state index contributed by atoms with van der Waals surface area (Å²) in [7, 11) is -3.94. The molecule has 0 spiro atoms. The van der Waals surface area contributed by atoms with Crippen molar-refractivity contribution in [1.82, 2.24) is 4.83 Å². The Hall–Kier alpha value is -3.13. The number of sulfonamides is 1. The Labute approximate surface area is 149 Å². The Kier molecular flexibility index (Phi) is 4.52. The second-order valence-electron chi connectivity index (χ2n) is 5.71. The maximum absolute atomic E-state index is 12.5. The number of nitrogens with zero attached hydrogens (tertiary/aromatic N) is 1. The number of nitrogens with one attached hydrogen (secondary N) is 1. The summed E-state index contributed by atoms with van der Waals surface area (Å²) in [6.45, 7) is 2.91. The van der Waals surface area contributed by atoms with Gasteiger partial charge >= 0.3 is 5.63 Å². The van der Waals surface area contributed by atoms with Crippen LogP contribution in [0.5, 0.6) is 5.75 Å². The summed E-state index contributed by atoms with van der Waals surface area (Å²) in [5.74, 6) is -0.0919. The van der Waals surface area contributed by atoms with Gasteiger partial charge in [0, 0.05) is 6.07 Å². The molecule has 0 unspecified atom stereocenters. The van der Waals surface area contributed by atoms with Crippen molar-refractivity contribution in [2.75, 3.05) is 0 Å². The van der Waals surface area contributed by atoms with Crippen LogP contribution in [-0.2, 0) is 10.0 Å². The molecule has 0 radical (unpaired) electrons. The Morgan fingerprint density at radius 1 is 1.12 bits per heavy atom. The fourth-order valence-electron chi connectivity index (χ4n) is 2.50. The van der Waals surface area contributed by atoms with Gasteiger partial charge in [0.05, 0.1) is 10.6 Å². The van der Waals surface area contributed by atoms with Gasteiger partial charge in [0.15, 0.2) is 0 Å². The Bertz CT molecular complexity index is 1180. The van der Waals surface area contributed by atoms with Gasteiger partial charge in [0.2, 0.25) is 0 Å². The third-order valence-electron chi connectivity index (χ3n) is 3.78. The Morgan fingerprint density at radius 3 is 2.50 bits per heavy atom. The van der Waals surface area contributed by atoms with Crippen molar-refractivity contribution in [1.29, 1.82) is 0 Å². The third kappa shape index (κ3) is 3.45. The van der Waals surface area contributed by atoms with E-state index in [0.29, 0.717) is 0 Å². The topological polar surface area (TPSA) is 109 Å². The summed E-state index contributed by atoms with van der Waals surface area (Å²) < 4.78 is 29.8. The normalized spacial score (nSPS) is 12.3. The highest BCUT2D eigenvalue weighted by Crippen LogP contribution is 2.19. The van der Waals surface area contributed by atoms with Gasteiger partial charge in [-0.25, -0.2) is 4.79 Å². The third-order valence-corrected chi connectivity index (χ3v) is 4.99. The first-order valence-electron chi connectivity index (χ1n) is 7.67. The van der Waals surface area contributed by atoms with Crippen molar-refractivity contribution >= 4 is 26.5 Å². The highest BCUT2D eigenvalue weighted by Gasteiger charge is 2.16. The van der Waals surface area contributed by atoms with Crippen molar-refractivity contribution in [3.63, 3.8) is 0 Å². The van der Waals surface area contributed by atoms with Crippen LogP contribution in [-0.4, -0.2) is 19.2 Å². The standard InChI is InChI=1S/C18H16N2O5S/c1-11-9-16(21)17(18(22)25-11)12(2)19-20-26(23,24)15-8-7-13-5-3-4-6-14(13)10-15/h3-10,20-21H,1-2H3/b19-12+. The summed E-state index contributed by atoms with van der Waals surface area (Å²) in [4.78, 5) is 14.0. The molecule has 1 aromatic heterocycles. The Balaban J connectivity index is 1.94. The smallest absolute Gasteiger partial charge is 0.348 e. The van der Waals surface area contributed by atoms with E-state index in [1.165, 1.54) is 32.0 Å². The number of hydrogen-bond donors (Lipinski definition) is 2. The van der Waals surface area contributed by atoms with Crippen molar-refractivity contribution in [3.05, 3.63) is 70.3 Å². The van der Waals surface area contributed by atoms with Gasteiger partial charge in [-0.05, 0) is 36.8 Å². The highest BCUT2D eigenvalue weighted by molar-refractivity contribution is 7.89. The highest BCUT2D eigenvalue weighted by atomic mass is 32.2. The summed E-state index contributed by atoms with van der Waals surface area (Å²) >= 11 is 0. The zero-order chi connectivity index (χ0) is 18.9. The fourth-order valence-corrected chi connectivity index (χ4v) is 3.39. The van der Waals surface area contributed by atoms with Crippen molar-refractivity contribution in [3.8, 4) is 5.75 Å². The number of hydrazone groups is 1. The molecule has 0 saturated heterocycles. The van der Waals surface area contributed by atoms with E-state index in [9.17, 15) is 18.3 Å². The van der Waals surface area contributed by atoms with E-state index in [4.69, 9.17) is 4.42 Å². The molecule has 0 atom stereocenters. The molecule has 8 heteroatoms. The minimum atomic E-state index is -3.94. The molecular weight excluding hydrogens is 356 g/mol. The van der Waals surface area contributed by atoms with Crippen LogP contribution in [0.2, 0.25) is 0 Å². The van der Waals surface area contributed by atoms with Gasteiger partial charge in [-0.15, -0.1) is 0 Å². The lowest BCUT2D eigenvalue weighted by Crippen LogP contribution is -2.22. The minimum absolute atomic E-state index is 0.0133. The lowest BCUT2D eigenvalue weighted by atomic mass is 10.1. The predicted octanol–water partition coefficient (Wildman–Crippen LogP) is 2.51. The maximum Gasteiger partial charge on any atom is 0.348 e. The fraction of sp³-hybridized carbons (Fsp3) is 0.111. The molecule has 7 nitrogen and oxygen atoms in total. The van der Waals surface area contributed by atoms with Crippen molar-refractivity contribution in [2.24, 2.45) is 5.10 Å². The zero-order valence-corrected chi connectivity index (χ0v) is 14.9. The molecule has 3 aromatic rings. The molecule has 3 rings (SSSR count). The molecule has 134 valence electrons. The average molecular weight is 372 g/mol. The van der Waals surface area contributed by atoms with E-state index in [2.05, 4.69) is 9.93 Å². The van der Waals surface area contributed by atoms with Crippen LogP contribution in [0.25, 0.3) is 10.8 Å². The predicted molar refractivity (Wildman–Crippen MR) is 97.9 cm³/mol. The number of benzene rings is 2. The van der Waals surface area contributed by atoms with Crippen LogP contribution >= 0.6 is 0 Å². The van der Waals surface area contributed by atoms with Gasteiger partial charge in [-0.2, -0.15) is 18.4 Å². The van der Waals surface area contributed by atoms with Gasteiger partial charge < -0.3 is 9.52 Å². The first-order chi connectivity index (χ1) is 12.3. The number of fused-ring (bicyclic) bond motifs is 1. The molecule has 0 fully saturated rings. The van der Waals surface area contributed by atoms with Crippen LogP contribution in [0.3, 0.4) is 0 Å². The van der Waals surface area contributed by atoms with E-state index in [-0.39, 0.29) is 27.7 Å². The number of aromatic hydroxyl groups is 1. The SMILES string of the molecule is C/C(=N\NS(=O)(=O)c1ccc2ccccc2c1)c1c(O)cc(C)oc1=O. The molecular formula is C18H16N2O5S. The van der Waals surface area contributed by atoms with Crippen LogP contribution in [0.15, 0.2) is 67.7 Å². The number of hydrogen-bond acceptors (Lipinski definition) is 6. The molecule has 2 aromatic carbocycles.